The summed E-state index contributed by atoms with van der Waals surface area (Å²) in [7, 11) is -3.63. The Balaban J connectivity index is 3.23. The van der Waals surface area contributed by atoms with Gasteiger partial charge in [0.05, 0.1) is 0 Å². The van der Waals surface area contributed by atoms with Crippen LogP contribution in [-0.2, 0) is 9.84 Å². The Kier molecular flexibility index (Phi) is 4.12. The van der Waals surface area contributed by atoms with Gasteiger partial charge in [-0.25, -0.2) is 12.8 Å². The highest BCUT2D eigenvalue weighted by Crippen LogP contribution is 2.36. The first-order chi connectivity index (χ1) is 7.16. The number of hydrogen-bond acceptors (Lipinski definition) is 3. The smallest absolute Gasteiger partial charge is 0.238 e. The normalized spacial score (nSPS) is 15.5. The molecule has 0 saturated heterocycles. The van der Waals surface area contributed by atoms with E-state index < -0.39 is 23.1 Å². The van der Waals surface area contributed by atoms with Crippen molar-refractivity contribution in [2.45, 2.75) is 1.66 Å². The van der Waals surface area contributed by atoms with E-state index in [0.717, 1.165) is 12.3 Å². The predicted octanol–water partition coefficient (Wildman–Crippen LogP) is 2.54. The Morgan fingerprint density at radius 1 is 1.50 bits per heavy atom. The molecule has 16 heavy (non-hydrogen) atoms. The number of benzene rings is 1. The number of carbonyl (C=O) groups excluding carboxylic acids is 1. The van der Waals surface area contributed by atoms with Crippen molar-refractivity contribution in [3.8, 4) is 0 Å². The Morgan fingerprint density at radius 2 is 2.06 bits per heavy atom. The van der Waals surface area contributed by atoms with Gasteiger partial charge >= 0.3 is 0 Å². The number of ketones is 1. The molecule has 1 aromatic rings. The lowest BCUT2D eigenvalue weighted by atomic mass is 10.1. The number of hydrogen-bond donors (Lipinski definition) is 0. The van der Waals surface area contributed by atoms with Crippen LogP contribution in [0.4, 0.5) is 4.39 Å². The molecule has 0 bridgehead atoms. The van der Waals surface area contributed by atoms with Gasteiger partial charge in [-0.15, -0.1) is 0 Å². The Hall–Kier alpha value is -0.0200. The van der Waals surface area contributed by atoms with Crippen molar-refractivity contribution >= 4 is 54.1 Å². The van der Waals surface area contributed by atoms with Gasteiger partial charge in [0.2, 0.25) is 7.45 Å². The third kappa shape index (κ3) is 2.80. The Bertz CT molecular complexity index is 527. The number of halogens is 3. The summed E-state index contributed by atoms with van der Waals surface area (Å²) in [5.74, 6) is -1.28. The van der Waals surface area contributed by atoms with Gasteiger partial charge in [0, 0.05) is 11.8 Å². The largest absolute Gasteiger partial charge is 0.290 e. The third-order valence-electron chi connectivity index (χ3n) is 1.82. The molecule has 0 spiro atoms. The van der Waals surface area contributed by atoms with Gasteiger partial charge in [0.1, 0.15) is 5.82 Å². The van der Waals surface area contributed by atoms with Gasteiger partial charge in [-0.2, -0.15) is 0 Å². The van der Waals surface area contributed by atoms with E-state index in [1.54, 1.807) is 0 Å². The first-order valence-electron chi connectivity index (χ1n) is 4.04. The molecule has 0 heterocycles. The average molecular weight is 421 g/mol. The van der Waals surface area contributed by atoms with E-state index in [-0.39, 0.29) is 5.56 Å². The van der Waals surface area contributed by atoms with Crippen LogP contribution in [-0.4, -0.2) is 22.1 Å². The van der Waals surface area contributed by atoms with Crippen molar-refractivity contribution in [2.75, 3.05) is 6.26 Å². The Morgan fingerprint density at radius 3 is 2.50 bits per heavy atom. The van der Waals surface area contributed by atoms with Crippen molar-refractivity contribution in [3.63, 3.8) is 0 Å². The Labute approximate surface area is 115 Å². The van der Waals surface area contributed by atoms with Crippen molar-refractivity contribution in [1.29, 1.82) is 0 Å². The van der Waals surface area contributed by atoms with Crippen LogP contribution in [0.2, 0.25) is 0 Å². The third-order valence-corrected chi connectivity index (χ3v) is 7.95. The van der Waals surface area contributed by atoms with Crippen molar-refractivity contribution in [1.82, 2.24) is 0 Å². The summed E-state index contributed by atoms with van der Waals surface area (Å²) in [5.41, 5.74) is 0.0108. The lowest BCUT2D eigenvalue weighted by Gasteiger charge is -2.16. The fourth-order valence-electron chi connectivity index (χ4n) is 0.966. The van der Waals surface area contributed by atoms with Gasteiger partial charge in [-0.1, -0.05) is 12.1 Å². The summed E-state index contributed by atoms with van der Waals surface area (Å²) in [6, 6.07) is 4.90. The number of sulfone groups is 1. The zero-order valence-electron chi connectivity index (χ0n) is 8.08. The molecule has 0 aliphatic carbocycles. The van der Waals surface area contributed by atoms with Crippen LogP contribution in [0.1, 0.15) is 10.4 Å². The maximum atomic E-state index is 12.9. The fraction of sp³-hybridized carbons (Fsp3) is 0.222. The summed E-state index contributed by atoms with van der Waals surface area (Å²) in [6.45, 7) is 0. The second kappa shape index (κ2) is 4.69. The first kappa shape index (κ1) is 14.0. The van der Waals surface area contributed by atoms with Crippen LogP contribution in [0.3, 0.4) is 0 Å². The average Bonchev–Trinajstić information content (AvgIpc) is 2.14. The molecule has 1 atom stereocenters. The van der Waals surface area contributed by atoms with Crippen molar-refractivity contribution < 1.29 is 17.6 Å². The molecule has 88 valence electrons. The molecule has 0 unspecified atom stereocenters. The van der Waals surface area contributed by atoms with Crippen molar-refractivity contribution in [3.05, 3.63) is 35.6 Å². The highest BCUT2D eigenvalue weighted by atomic mass is 127. The molecule has 0 aliphatic rings. The van der Waals surface area contributed by atoms with E-state index in [0.29, 0.717) is 0 Å². The molecule has 1 aromatic carbocycles. The van der Waals surface area contributed by atoms with E-state index in [2.05, 4.69) is 15.9 Å². The minimum absolute atomic E-state index is 0.0108. The molecular weight excluding hydrogens is 414 g/mol. The summed E-state index contributed by atoms with van der Waals surface area (Å²) in [5, 5.41) is 0. The molecular formula is C9H7BrFIO3S. The van der Waals surface area contributed by atoms with Crippen LogP contribution in [0, 0.1) is 5.82 Å². The van der Waals surface area contributed by atoms with E-state index in [4.69, 9.17) is 0 Å². The molecule has 0 radical (unpaired) electrons. The lowest BCUT2D eigenvalue weighted by molar-refractivity contribution is 0.101. The minimum Gasteiger partial charge on any atom is -0.290 e. The molecule has 0 aromatic heterocycles. The summed E-state index contributed by atoms with van der Waals surface area (Å²) < 4.78 is 33.9. The van der Waals surface area contributed by atoms with E-state index in [1.165, 1.54) is 40.8 Å². The monoisotopic (exact) mass is 420 g/mol. The van der Waals surface area contributed by atoms with Gasteiger partial charge in [-0.3, -0.25) is 4.79 Å². The number of rotatable bonds is 3. The standard InChI is InChI=1S/C9H7BrFIO3S/c1-16(14,15)9(10,12)8(13)6-3-2-4-7(11)5-6/h2-5H,1H3/t9-/m1/s1. The molecule has 0 fully saturated rings. The molecule has 1 rings (SSSR count). The fourth-order valence-corrected chi connectivity index (χ4v) is 1.96. The summed E-state index contributed by atoms with van der Waals surface area (Å²) in [4.78, 5) is 11.9. The molecule has 0 saturated carbocycles. The SMILES string of the molecule is CS(=O)(=O)[C@](Br)(I)C(=O)c1cccc(F)c1. The van der Waals surface area contributed by atoms with Crippen LogP contribution in [0.5, 0.6) is 0 Å². The van der Waals surface area contributed by atoms with E-state index >= 15 is 0 Å². The zero-order valence-corrected chi connectivity index (χ0v) is 12.6. The highest BCUT2D eigenvalue weighted by Gasteiger charge is 2.43. The van der Waals surface area contributed by atoms with Gasteiger partial charge in [0.25, 0.3) is 0 Å². The molecule has 3 nitrogen and oxygen atoms in total. The minimum atomic E-state index is -3.63. The maximum Gasteiger partial charge on any atom is 0.238 e. The summed E-state index contributed by atoms with van der Waals surface area (Å²) in [6.07, 6.45) is 0.936. The molecule has 0 aliphatic heterocycles. The topological polar surface area (TPSA) is 51.2 Å². The number of Topliss-reactive ketones (excluding diaryl/α,β-unsaturated/α-hetero) is 1. The number of alkyl halides is 2. The lowest BCUT2D eigenvalue weighted by Crippen LogP contribution is -2.33. The van der Waals surface area contributed by atoms with Crippen LogP contribution in [0.25, 0.3) is 0 Å². The maximum absolute atomic E-state index is 12.9. The highest BCUT2D eigenvalue weighted by molar-refractivity contribution is 14.1. The second-order valence-electron chi connectivity index (χ2n) is 3.13. The molecule has 7 heteroatoms. The molecule has 0 amide bonds. The van der Waals surface area contributed by atoms with Gasteiger partial charge in [0.15, 0.2) is 9.84 Å². The van der Waals surface area contributed by atoms with Gasteiger partial charge < -0.3 is 0 Å². The van der Waals surface area contributed by atoms with Gasteiger partial charge in [-0.05, 0) is 50.7 Å². The first-order valence-corrected chi connectivity index (χ1v) is 7.80. The summed E-state index contributed by atoms with van der Waals surface area (Å²) >= 11 is 4.34. The molecule has 0 N–H and O–H groups in total. The van der Waals surface area contributed by atoms with Crippen molar-refractivity contribution in [2.24, 2.45) is 0 Å². The quantitative estimate of drug-likeness (QED) is 0.429. The number of carbonyl (C=O) groups is 1. The zero-order chi connectivity index (χ0) is 12.6. The predicted molar refractivity (Wildman–Crippen MR) is 71.3 cm³/mol. The van der Waals surface area contributed by atoms with Crippen LogP contribution < -0.4 is 0 Å². The van der Waals surface area contributed by atoms with E-state index in [1.807, 2.05) is 0 Å². The van der Waals surface area contributed by atoms with Crippen LogP contribution in [0.15, 0.2) is 24.3 Å². The van der Waals surface area contributed by atoms with E-state index in [9.17, 15) is 17.6 Å². The van der Waals surface area contributed by atoms with Crippen LogP contribution >= 0.6 is 38.5 Å². The second-order valence-corrected chi connectivity index (χ2v) is 10.8.